The summed E-state index contributed by atoms with van der Waals surface area (Å²) in [4.78, 5) is 13.2. The van der Waals surface area contributed by atoms with Gasteiger partial charge in [-0.2, -0.15) is 0 Å². The Morgan fingerprint density at radius 2 is 2.11 bits per heavy atom. The van der Waals surface area contributed by atoms with Crippen molar-refractivity contribution in [3.05, 3.63) is 52.4 Å². The molecule has 5 rings (SSSR count). The number of fused-ring (bicyclic) bond motifs is 1. The Balaban J connectivity index is 1.37. The number of hydrogen-bond acceptors (Lipinski definition) is 5. The van der Waals surface area contributed by atoms with Gasteiger partial charge in [-0.3, -0.25) is 4.90 Å². The number of imidazole rings is 1. The number of thiazole rings is 1. The maximum Gasteiger partial charge on any atom is 0.128 e. The Kier molecular flexibility index (Phi) is 4.06. The van der Waals surface area contributed by atoms with E-state index >= 15 is 0 Å². The van der Waals surface area contributed by atoms with Crippen LogP contribution in [0, 0.1) is 12.3 Å². The predicted octanol–water partition coefficient (Wildman–Crippen LogP) is 3.77. The van der Waals surface area contributed by atoms with E-state index in [0.29, 0.717) is 5.41 Å². The first-order valence-corrected chi connectivity index (χ1v) is 10.3. The highest BCUT2D eigenvalue weighted by atomic mass is 32.1. The number of nitrogens with zero attached hydrogens (tertiary/aromatic N) is 4. The number of hydrogen-bond donors (Lipinski definition) is 0. The maximum atomic E-state index is 5.58. The molecule has 27 heavy (non-hydrogen) atoms. The predicted molar refractivity (Wildman–Crippen MR) is 107 cm³/mol. The van der Waals surface area contributed by atoms with Crippen LogP contribution < -0.4 is 4.74 Å². The average molecular weight is 381 g/mol. The third-order valence-corrected chi connectivity index (χ3v) is 7.00. The maximum absolute atomic E-state index is 5.58. The van der Waals surface area contributed by atoms with E-state index in [4.69, 9.17) is 9.72 Å². The Morgan fingerprint density at radius 1 is 1.22 bits per heavy atom. The summed E-state index contributed by atoms with van der Waals surface area (Å²) in [6.45, 7) is 6.49. The van der Waals surface area contributed by atoms with E-state index in [-0.39, 0.29) is 0 Å². The largest absolute Gasteiger partial charge is 0.496 e. The topological polar surface area (TPSA) is 43.2 Å². The summed E-state index contributed by atoms with van der Waals surface area (Å²) >= 11 is 1.78. The molecule has 2 aromatic heterocycles. The van der Waals surface area contributed by atoms with Gasteiger partial charge in [0.1, 0.15) is 11.6 Å². The molecule has 0 N–H and O–H groups in total. The van der Waals surface area contributed by atoms with Gasteiger partial charge in [-0.15, -0.1) is 11.3 Å². The minimum Gasteiger partial charge on any atom is -0.496 e. The Hall–Kier alpha value is -2.18. The van der Waals surface area contributed by atoms with Gasteiger partial charge in [0.15, 0.2) is 0 Å². The molecule has 1 spiro atoms. The average Bonchev–Trinajstić information content (AvgIpc) is 3.43. The fraction of sp³-hybridized carbons (Fsp3) is 0.429. The lowest BCUT2D eigenvalue weighted by atomic mass is 9.86. The fourth-order valence-corrected chi connectivity index (χ4v) is 5.47. The molecule has 0 amide bonds. The van der Waals surface area contributed by atoms with E-state index in [0.717, 1.165) is 43.9 Å². The van der Waals surface area contributed by atoms with Gasteiger partial charge in [0.2, 0.25) is 0 Å². The molecule has 6 heteroatoms. The number of likely N-dealkylation sites (tertiary alicyclic amines) is 1. The van der Waals surface area contributed by atoms with Crippen LogP contribution in [0.5, 0.6) is 5.75 Å². The number of rotatable bonds is 4. The van der Waals surface area contributed by atoms with Crippen molar-refractivity contribution >= 4 is 11.3 Å². The van der Waals surface area contributed by atoms with Crippen LogP contribution in [0.2, 0.25) is 0 Å². The molecule has 1 unspecified atom stereocenters. The lowest BCUT2D eigenvalue weighted by Gasteiger charge is -2.23. The lowest BCUT2D eigenvalue weighted by Crippen LogP contribution is -2.28. The number of aromatic nitrogens is 3. The summed E-state index contributed by atoms with van der Waals surface area (Å²) in [5.74, 6) is 2.13. The first kappa shape index (κ1) is 17.0. The van der Waals surface area contributed by atoms with Crippen LogP contribution in [0.1, 0.15) is 22.8 Å². The summed E-state index contributed by atoms with van der Waals surface area (Å²) in [5, 5.41) is 0. The third-order valence-electron chi connectivity index (χ3n) is 6.08. The highest BCUT2D eigenvalue weighted by molar-refractivity contribution is 7.09. The van der Waals surface area contributed by atoms with Gasteiger partial charge in [0, 0.05) is 41.9 Å². The van der Waals surface area contributed by atoms with Crippen LogP contribution >= 0.6 is 11.3 Å². The molecule has 1 saturated heterocycles. The van der Waals surface area contributed by atoms with E-state index in [1.54, 1.807) is 18.4 Å². The molecular formula is C21H24N4OS. The van der Waals surface area contributed by atoms with Crippen LogP contribution in [0.4, 0.5) is 0 Å². The third kappa shape index (κ3) is 2.87. The Labute approximate surface area is 163 Å². The summed E-state index contributed by atoms with van der Waals surface area (Å²) in [6, 6.07) is 8.23. The molecule has 2 aliphatic heterocycles. The summed E-state index contributed by atoms with van der Waals surface area (Å²) in [7, 11) is 1.73. The summed E-state index contributed by atoms with van der Waals surface area (Å²) in [6.07, 6.45) is 4.31. The Morgan fingerprint density at radius 3 is 2.93 bits per heavy atom. The summed E-state index contributed by atoms with van der Waals surface area (Å²) in [5.41, 5.74) is 5.76. The second kappa shape index (κ2) is 6.46. The molecule has 0 saturated carbocycles. The Bertz CT molecular complexity index is 978. The molecule has 3 aromatic rings. The van der Waals surface area contributed by atoms with E-state index in [2.05, 4.69) is 33.5 Å². The van der Waals surface area contributed by atoms with Crippen molar-refractivity contribution in [2.75, 3.05) is 20.2 Å². The molecule has 2 aliphatic rings. The first-order valence-electron chi connectivity index (χ1n) is 9.47. The monoisotopic (exact) mass is 380 g/mol. The minimum absolute atomic E-state index is 0.318. The molecule has 5 nitrogen and oxygen atoms in total. The van der Waals surface area contributed by atoms with Gasteiger partial charge in [0.25, 0.3) is 0 Å². The van der Waals surface area contributed by atoms with Crippen LogP contribution in [-0.4, -0.2) is 39.6 Å². The first-order chi connectivity index (χ1) is 13.2. The number of ether oxygens (including phenoxy) is 1. The minimum atomic E-state index is 0.318. The fourth-order valence-electron chi connectivity index (χ4n) is 4.65. The normalized spacial score (nSPS) is 21.9. The molecule has 4 heterocycles. The zero-order chi connectivity index (χ0) is 18.4. The summed E-state index contributed by atoms with van der Waals surface area (Å²) < 4.78 is 7.99. The number of methoxy groups -OCH3 is 1. The lowest BCUT2D eigenvalue weighted by molar-refractivity contribution is 0.248. The SMILES string of the molecule is COc1ccccc1-c1cnc2n1CC1(CCN(Cc3scnc3C)C1)C2. The molecule has 140 valence electrons. The van der Waals surface area contributed by atoms with Gasteiger partial charge in [-0.05, 0) is 32.0 Å². The second-order valence-corrected chi connectivity index (χ2v) is 8.78. The molecule has 1 atom stereocenters. The smallest absolute Gasteiger partial charge is 0.128 e. The van der Waals surface area contributed by atoms with Crippen molar-refractivity contribution in [3.63, 3.8) is 0 Å². The van der Waals surface area contributed by atoms with Gasteiger partial charge in [0.05, 0.1) is 30.2 Å². The van der Waals surface area contributed by atoms with Crippen molar-refractivity contribution in [1.82, 2.24) is 19.4 Å². The highest BCUT2D eigenvalue weighted by Gasteiger charge is 2.44. The quantitative estimate of drug-likeness (QED) is 0.691. The van der Waals surface area contributed by atoms with Gasteiger partial charge in [-0.25, -0.2) is 9.97 Å². The van der Waals surface area contributed by atoms with E-state index in [1.165, 1.54) is 28.5 Å². The van der Waals surface area contributed by atoms with Gasteiger partial charge in [-0.1, -0.05) is 12.1 Å². The van der Waals surface area contributed by atoms with Gasteiger partial charge >= 0.3 is 0 Å². The van der Waals surface area contributed by atoms with Crippen molar-refractivity contribution in [2.45, 2.75) is 32.9 Å². The second-order valence-electron chi connectivity index (χ2n) is 7.84. The van der Waals surface area contributed by atoms with Crippen molar-refractivity contribution < 1.29 is 4.74 Å². The van der Waals surface area contributed by atoms with E-state index in [1.807, 2.05) is 23.8 Å². The molecule has 0 bridgehead atoms. The van der Waals surface area contributed by atoms with Crippen molar-refractivity contribution in [1.29, 1.82) is 0 Å². The molecule has 1 fully saturated rings. The standard InChI is InChI=1S/C21H24N4OS/c1-15-19(27-14-23-15)11-24-8-7-21(12-24)9-20-22-10-17(25(20)13-21)16-5-3-4-6-18(16)26-2/h3-6,10,14H,7-9,11-13H2,1-2H3. The van der Waals surface area contributed by atoms with Crippen molar-refractivity contribution in [3.8, 4) is 17.0 Å². The molecule has 0 radical (unpaired) electrons. The van der Waals surface area contributed by atoms with Crippen LogP contribution in [0.15, 0.2) is 36.0 Å². The number of aryl methyl sites for hydroxylation is 1. The zero-order valence-corrected chi connectivity index (χ0v) is 16.6. The molecular weight excluding hydrogens is 356 g/mol. The van der Waals surface area contributed by atoms with E-state index < -0.39 is 0 Å². The van der Waals surface area contributed by atoms with Gasteiger partial charge < -0.3 is 9.30 Å². The zero-order valence-electron chi connectivity index (χ0n) is 15.8. The number of para-hydroxylation sites is 1. The van der Waals surface area contributed by atoms with E-state index in [9.17, 15) is 0 Å². The molecule has 0 aliphatic carbocycles. The molecule has 1 aromatic carbocycles. The number of benzene rings is 1. The van der Waals surface area contributed by atoms with Crippen LogP contribution in [0.25, 0.3) is 11.3 Å². The van der Waals surface area contributed by atoms with Crippen LogP contribution in [-0.2, 0) is 19.5 Å². The van der Waals surface area contributed by atoms with Crippen molar-refractivity contribution in [2.24, 2.45) is 5.41 Å². The van der Waals surface area contributed by atoms with Crippen LogP contribution in [0.3, 0.4) is 0 Å². The highest BCUT2D eigenvalue weighted by Crippen LogP contribution is 2.44.